The zero-order valence-corrected chi connectivity index (χ0v) is 23.9. The highest BCUT2D eigenvalue weighted by Crippen LogP contribution is 2.61. The van der Waals surface area contributed by atoms with E-state index in [0.29, 0.717) is 19.6 Å². The molecule has 2 fully saturated rings. The van der Waals surface area contributed by atoms with Crippen LogP contribution in [0.4, 0.5) is 0 Å². The van der Waals surface area contributed by atoms with E-state index in [1.165, 1.54) is 21.3 Å². The van der Waals surface area contributed by atoms with Gasteiger partial charge < -0.3 is 28.4 Å². The highest BCUT2D eigenvalue weighted by atomic mass is 16.6. The second kappa shape index (κ2) is 13.9. The van der Waals surface area contributed by atoms with E-state index in [2.05, 4.69) is 0 Å². The number of ether oxygens (including phenoxy) is 6. The van der Waals surface area contributed by atoms with Crippen LogP contribution in [0.15, 0.2) is 72.8 Å². The molecule has 2 aromatic carbocycles. The molecule has 220 valence electrons. The first-order chi connectivity index (χ1) is 19.8. The molecule has 9 heteroatoms. The van der Waals surface area contributed by atoms with Crippen LogP contribution in [-0.2, 0) is 56.0 Å². The number of benzene rings is 2. The van der Waals surface area contributed by atoms with Gasteiger partial charge in [0.15, 0.2) is 5.41 Å². The monoisotopic (exact) mass is 566 g/mol. The number of rotatable bonds is 12. The first-order valence-electron chi connectivity index (χ1n) is 13.7. The van der Waals surface area contributed by atoms with E-state index in [9.17, 15) is 14.4 Å². The third-order valence-corrected chi connectivity index (χ3v) is 7.98. The van der Waals surface area contributed by atoms with Crippen molar-refractivity contribution in [1.82, 2.24) is 0 Å². The lowest BCUT2D eigenvalue weighted by molar-refractivity contribution is -0.198. The molecule has 6 atom stereocenters. The molecule has 0 radical (unpaired) electrons. The van der Waals surface area contributed by atoms with Gasteiger partial charge in [-0.05, 0) is 17.0 Å². The molecule has 2 aliphatic rings. The van der Waals surface area contributed by atoms with Crippen molar-refractivity contribution in [3.8, 4) is 0 Å². The first kappa shape index (κ1) is 30.4. The Kier molecular flexibility index (Phi) is 10.3. The van der Waals surface area contributed by atoms with Crippen molar-refractivity contribution in [2.24, 2.45) is 17.3 Å². The SMILES string of the molecule is COC(=O)C[C@@H]1C[C@H](OCc2ccccc2)[C@@H](OCc2ccccc2)[C@H](/C=C/[C@H]2[C@H](C)C2(C(=O)OC)C(=O)OC)O1. The molecular formula is C32H38O9. The minimum Gasteiger partial charge on any atom is -0.469 e. The van der Waals surface area contributed by atoms with Crippen LogP contribution in [0.5, 0.6) is 0 Å². The van der Waals surface area contributed by atoms with Crippen LogP contribution in [0.2, 0.25) is 0 Å². The van der Waals surface area contributed by atoms with Gasteiger partial charge in [-0.15, -0.1) is 0 Å². The molecular weight excluding hydrogens is 528 g/mol. The van der Waals surface area contributed by atoms with E-state index in [-0.39, 0.29) is 12.3 Å². The van der Waals surface area contributed by atoms with Crippen LogP contribution in [0.3, 0.4) is 0 Å². The van der Waals surface area contributed by atoms with Crippen LogP contribution < -0.4 is 0 Å². The maximum Gasteiger partial charge on any atom is 0.324 e. The van der Waals surface area contributed by atoms with Crippen molar-refractivity contribution in [2.45, 2.75) is 57.4 Å². The van der Waals surface area contributed by atoms with Crippen molar-refractivity contribution in [2.75, 3.05) is 21.3 Å². The molecule has 1 aliphatic heterocycles. The van der Waals surface area contributed by atoms with E-state index in [0.717, 1.165) is 11.1 Å². The van der Waals surface area contributed by atoms with Gasteiger partial charge in [0.25, 0.3) is 0 Å². The van der Waals surface area contributed by atoms with Crippen LogP contribution in [-0.4, -0.2) is 63.7 Å². The van der Waals surface area contributed by atoms with Gasteiger partial charge in [0, 0.05) is 12.3 Å². The largest absolute Gasteiger partial charge is 0.469 e. The van der Waals surface area contributed by atoms with Crippen LogP contribution in [0, 0.1) is 17.3 Å². The van der Waals surface area contributed by atoms with Crippen LogP contribution >= 0.6 is 0 Å². The number of methoxy groups -OCH3 is 3. The first-order valence-corrected chi connectivity index (χ1v) is 13.7. The quantitative estimate of drug-likeness (QED) is 0.163. The summed E-state index contributed by atoms with van der Waals surface area (Å²) in [5.74, 6) is -2.46. The highest BCUT2D eigenvalue weighted by molar-refractivity contribution is 6.04. The third kappa shape index (κ3) is 6.86. The number of esters is 3. The smallest absolute Gasteiger partial charge is 0.324 e. The molecule has 1 saturated carbocycles. The fourth-order valence-corrected chi connectivity index (χ4v) is 5.63. The summed E-state index contributed by atoms with van der Waals surface area (Å²) >= 11 is 0. The Balaban J connectivity index is 1.61. The Morgan fingerprint density at radius 2 is 1.39 bits per heavy atom. The Labute approximate surface area is 240 Å². The molecule has 4 rings (SSSR count). The van der Waals surface area contributed by atoms with Crippen molar-refractivity contribution in [3.05, 3.63) is 83.9 Å². The molecule has 0 amide bonds. The van der Waals surface area contributed by atoms with Gasteiger partial charge in [-0.1, -0.05) is 79.7 Å². The average molecular weight is 567 g/mol. The number of hydrogen-bond donors (Lipinski definition) is 0. The molecule has 1 heterocycles. The van der Waals surface area contributed by atoms with Gasteiger partial charge in [0.2, 0.25) is 0 Å². The maximum atomic E-state index is 12.7. The summed E-state index contributed by atoms with van der Waals surface area (Å²) < 4.78 is 34.0. The van der Waals surface area contributed by atoms with E-state index >= 15 is 0 Å². The second-order valence-corrected chi connectivity index (χ2v) is 10.4. The summed E-state index contributed by atoms with van der Waals surface area (Å²) in [6.07, 6.45) is 1.97. The highest BCUT2D eigenvalue weighted by Gasteiger charge is 2.73. The molecule has 0 spiro atoms. The van der Waals surface area contributed by atoms with Crippen molar-refractivity contribution in [3.63, 3.8) is 0 Å². The lowest BCUT2D eigenvalue weighted by Crippen LogP contribution is -2.50. The second-order valence-electron chi connectivity index (χ2n) is 10.4. The zero-order chi connectivity index (χ0) is 29.4. The molecule has 0 aromatic heterocycles. The lowest BCUT2D eigenvalue weighted by atomic mass is 9.94. The van der Waals surface area contributed by atoms with Crippen molar-refractivity contribution >= 4 is 17.9 Å². The standard InChI is InChI=1S/C32H38O9/c1-21-25(32(21,30(34)37-3)31(35)38-4)15-16-26-29(40-20-23-13-9-6-10-14-23)27(17-24(41-26)18-28(33)36-2)39-19-22-11-7-5-8-12-22/h5-16,21,24-27,29H,17-20H2,1-4H3/b16-15+/t21-,24-,25-,26-,27-,29-/m0/s1. The third-order valence-electron chi connectivity index (χ3n) is 7.98. The van der Waals surface area contributed by atoms with E-state index in [1.54, 1.807) is 19.1 Å². The van der Waals surface area contributed by atoms with Gasteiger partial charge in [-0.3, -0.25) is 14.4 Å². The molecule has 0 bridgehead atoms. The molecule has 0 unspecified atom stereocenters. The van der Waals surface area contributed by atoms with E-state index in [4.69, 9.17) is 28.4 Å². The summed E-state index contributed by atoms with van der Waals surface area (Å²) in [6, 6.07) is 19.6. The minimum atomic E-state index is -1.41. The fraction of sp³-hybridized carbons (Fsp3) is 0.469. The summed E-state index contributed by atoms with van der Waals surface area (Å²) in [5.41, 5.74) is 0.578. The summed E-state index contributed by atoms with van der Waals surface area (Å²) in [7, 11) is 3.84. The normalized spacial score (nSPS) is 26.7. The van der Waals surface area contributed by atoms with Crippen molar-refractivity contribution < 1.29 is 42.8 Å². The number of allylic oxidation sites excluding steroid dienone is 1. The predicted molar refractivity (Wildman–Crippen MR) is 148 cm³/mol. The summed E-state index contributed by atoms with van der Waals surface area (Å²) in [5, 5.41) is 0. The number of hydrogen-bond acceptors (Lipinski definition) is 9. The topological polar surface area (TPSA) is 107 Å². The Morgan fingerprint density at radius 1 is 0.829 bits per heavy atom. The summed E-state index contributed by atoms with van der Waals surface area (Å²) in [4.78, 5) is 37.6. The Bertz CT molecular complexity index is 1180. The maximum absolute atomic E-state index is 12.7. The van der Waals surface area contributed by atoms with Gasteiger partial charge in [-0.2, -0.15) is 0 Å². The molecule has 2 aromatic rings. The summed E-state index contributed by atoms with van der Waals surface area (Å²) in [6.45, 7) is 2.48. The molecule has 9 nitrogen and oxygen atoms in total. The van der Waals surface area contributed by atoms with Crippen LogP contribution in [0.1, 0.15) is 30.9 Å². The van der Waals surface area contributed by atoms with Crippen molar-refractivity contribution in [1.29, 1.82) is 0 Å². The molecule has 41 heavy (non-hydrogen) atoms. The van der Waals surface area contributed by atoms with Gasteiger partial charge in [0.1, 0.15) is 12.2 Å². The Morgan fingerprint density at radius 3 is 1.93 bits per heavy atom. The minimum absolute atomic E-state index is 0.0472. The fourth-order valence-electron chi connectivity index (χ4n) is 5.63. The van der Waals surface area contributed by atoms with Crippen LogP contribution in [0.25, 0.3) is 0 Å². The lowest BCUT2D eigenvalue weighted by Gasteiger charge is -2.40. The average Bonchev–Trinajstić information content (AvgIpc) is 3.61. The number of carbonyl (C=O) groups excluding carboxylic acids is 3. The molecule has 0 N–H and O–H groups in total. The molecule has 1 saturated heterocycles. The Hall–Kier alpha value is -3.53. The number of carbonyl (C=O) groups is 3. The van der Waals surface area contributed by atoms with Gasteiger partial charge in [0.05, 0.1) is 53.2 Å². The molecule has 1 aliphatic carbocycles. The predicted octanol–water partition coefficient (Wildman–Crippen LogP) is 4.03. The van der Waals surface area contributed by atoms with Gasteiger partial charge in [-0.25, -0.2) is 0 Å². The van der Waals surface area contributed by atoms with E-state index < -0.39 is 53.7 Å². The van der Waals surface area contributed by atoms with E-state index in [1.807, 2.05) is 60.7 Å². The van der Waals surface area contributed by atoms with Gasteiger partial charge >= 0.3 is 17.9 Å². The zero-order valence-electron chi connectivity index (χ0n) is 23.9.